The fourth-order valence-corrected chi connectivity index (χ4v) is 10.7. The van der Waals surface area contributed by atoms with Crippen LogP contribution in [0.2, 0.25) is 0 Å². The van der Waals surface area contributed by atoms with E-state index in [1.807, 2.05) is 17.4 Å². The van der Waals surface area contributed by atoms with Crippen LogP contribution in [-0.2, 0) is 5.41 Å². The smallest absolute Gasteiger partial charge is 0.136 e. The third-order valence-corrected chi connectivity index (χ3v) is 13.1. The van der Waals surface area contributed by atoms with Crippen LogP contribution in [0.4, 0.5) is 0 Å². The normalized spacial score (nSPS) is 13.6. The number of para-hydroxylation sites is 1. The number of furan rings is 1. The number of benzene rings is 9. The average Bonchev–Trinajstić information content (AvgIpc) is 3.81. The van der Waals surface area contributed by atoms with E-state index in [4.69, 9.17) is 4.42 Å². The van der Waals surface area contributed by atoms with Gasteiger partial charge in [0.2, 0.25) is 0 Å². The molecule has 2 heteroatoms. The Morgan fingerprint density at radius 3 is 1.70 bits per heavy atom. The van der Waals surface area contributed by atoms with Crippen molar-refractivity contribution in [3.8, 4) is 33.4 Å². The van der Waals surface area contributed by atoms with Gasteiger partial charge < -0.3 is 4.42 Å². The fourth-order valence-electron chi connectivity index (χ4n) is 9.50. The lowest BCUT2D eigenvalue weighted by Gasteiger charge is -2.22. The van der Waals surface area contributed by atoms with E-state index in [0.717, 1.165) is 11.2 Å². The van der Waals surface area contributed by atoms with Crippen LogP contribution in [0.1, 0.15) is 25.0 Å². The van der Waals surface area contributed by atoms with Crippen LogP contribution in [0, 0.1) is 0 Å². The van der Waals surface area contributed by atoms with Crippen molar-refractivity contribution in [2.45, 2.75) is 19.3 Å². The van der Waals surface area contributed by atoms with Gasteiger partial charge in [-0.1, -0.05) is 123 Å². The molecule has 53 heavy (non-hydrogen) atoms. The average molecular weight is 693 g/mol. The lowest BCUT2D eigenvalue weighted by molar-refractivity contribution is 0.661. The maximum atomic E-state index is 6.33. The van der Waals surface area contributed by atoms with Crippen LogP contribution in [0.3, 0.4) is 0 Å². The molecule has 0 N–H and O–H groups in total. The quantitative estimate of drug-likeness (QED) is 0.164. The monoisotopic (exact) mass is 692 g/mol. The van der Waals surface area contributed by atoms with Gasteiger partial charge in [0.25, 0.3) is 0 Å². The zero-order valence-electron chi connectivity index (χ0n) is 29.3. The van der Waals surface area contributed by atoms with Crippen LogP contribution in [0.5, 0.6) is 0 Å². The summed E-state index contributed by atoms with van der Waals surface area (Å²) in [6.07, 6.45) is 0. The number of hydrogen-bond acceptors (Lipinski definition) is 2. The fraction of sp³-hybridized carbons (Fsp3) is 0.0588. The third-order valence-electron chi connectivity index (χ3n) is 12.0. The van der Waals surface area contributed by atoms with Gasteiger partial charge in [0, 0.05) is 36.4 Å². The first-order valence-electron chi connectivity index (χ1n) is 18.4. The van der Waals surface area contributed by atoms with E-state index in [1.165, 1.54) is 108 Å². The minimum atomic E-state index is -0.121. The van der Waals surface area contributed by atoms with Crippen molar-refractivity contribution in [2.75, 3.05) is 0 Å². The Kier molecular flexibility index (Phi) is 5.78. The Hall–Kier alpha value is -6.22. The zero-order chi connectivity index (χ0) is 35.0. The van der Waals surface area contributed by atoms with Crippen molar-refractivity contribution in [1.29, 1.82) is 0 Å². The van der Waals surface area contributed by atoms with Gasteiger partial charge >= 0.3 is 0 Å². The van der Waals surface area contributed by atoms with E-state index in [-0.39, 0.29) is 5.41 Å². The molecule has 2 heterocycles. The number of fused-ring (bicyclic) bond motifs is 12. The molecule has 0 aliphatic heterocycles. The SMILES string of the molecule is CC1(C)c2ccc(-c3c4ccccc4c(-c4ccc5c(c4)sc4ccccc45)c4ccccc34)cc2-c2cc3cc4oc5ccccc5c4cc3cc21. The van der Waals surface area contributed by atoms with Gasteiger partial charge in [-0.3, -0.25) is 0 Å². The summed E-state index contributed by atoms with van der Waals surface area (Å²) in [6.45, 7) is 4.75. The maximum absolute atomic E-state index is 6.33. The first-order valence-corrected chi connectivity index (χ1v) is 19.2. The summed E-state index contributed by atoms with van der Waals surface area (Å²) in [6, 6.07) is 58.8. The van der Waals surface area contributed by atoms with Crippen molar-refractivity contribution in [2.24, 2.45) is 0 Å². The summed E-state index contributed by atoms with van der Waals surface area (Å²) in [5.74, 6) is 0. The number of hydrogen-bond donors (Lipinski definition) is 0. The Balaban J connectivity index is 1.08. The van der Waals surface area contributed by atoms with Gasteiger partial charge in [-0.25, -0.2) is 0 Å². The Labute approximate surface area is 310 Å². The molecule has 1 aliphatic carbocycles. The summed E-state index contributed by atoms with van der Waals surface area (Å²) < 4.78 is 8.99. The summed E-state index contributed by atoms with van der Waals surface area (Å²) in [5, 5.41) is 12.6. The van der Waals surface area contributed by atoms with E-state index in [1.54, 1.807) is 0 Å². The standard InChI is InChI=1S/C51H32OS/c1-51(2)43-22-20-29(23-40(43)41-24-32-27-46-42(25-31(32)26-44(41)51)33-11-7-9-17-45(33)52-46)49-36-13-3-5-15-38(36)50(39-16-6-4-14-37(39)49)30-19-21-35-34-12-8-10-18-47(34)53-48(35)28-30/h3-28H,1-2H3. The molecule has 12 rings (SSSR count). The molecule has 0 saturated carbocycles. The van der Waals surface area contributed by atoms with Crippen LogP contribution >= 0.6 is 11.3 Å². The summed E-state index contributed by atoms with van der Waals surface area (Å²) in [4.78, 5) is 0. The van der Waals surface area contributed by atoms with Gasteiger partial charge in [-0.05, 0) is 125 Å². The Morgan fingerprint density at radius 2 is 0.962 bits per heavy atom. The van der Waals surface area contributed by atoms with Gasteiger partial charge in [0.05, 0.1) is 0 Å². The van der Waals surface area contributed by atoms with Gasteiger partial charge in [0.1, 0.15) is 11.2 Å². The van der Waals surface area contributed by atoms with Gasteiger partial charge in [-0.2, -0.15) is 0 Å². The van der Waals surface area contributed by atoms with Gasteiger partial charge in [-0.15, -0.1) is 11.3 Å². The predicted molar refractivity (Wildman–Crippen MR) is 228 cm³/mol. The van der Waals surface area contributed by atoms with Crippen LogP contribution in [-0.4, -0.2) is 0 Å². The molecule has 0 saturated heterocycles. The van der Waals surface area contributed by atoms with E-state index < -0.39 is 0 Å². The third kappa shape index (κ3) is 4.02. The topological polar surface area (TPSA) is 13.1 Å². The molecule has 1 aliphatic rings. The number of rotatable bonds is 2. The van der Waals surface area contributed by atoms with E-state index >= 15 is 0 Å². The van der Waals surface area contributed by atoms with Crippen molar-refractivity contribution >= 4 is 85.8 Å². The van der Waals surface area contributed by atoms with Crippen LogP contribution < -0.4 is 0 Å². The highest BCUT2D eigenvalue weighted by atomic mass is 32.1. The first-order chi connectivity index (χ1) is 26.0. The molecular weight excluding hydrogens is 661 g/mol. The maximum Gasteiger partial charge on any atom is 0.136 e. The molecule has 0 fully saturated rings. The molecule has 0 amide bonds. The van der Waals surface area contributed by atoms with Crippen molar-refractivity contribution in [1.82, 2.24) is 0 Å². The second-order valence-corrected chi connectivity index (χ2v) is 16.3. The molecule has 1 nitrogen and oxygen atoms in total. The molecular formula is C51H32OS. The lowest BCUT2D eigenvalue weighted by Crippen LogP contribution is -2.14. The molecule has 9 aromatic carbocycles. The minimum absolute atomic E-state index is 0.121. The first kappa shape index (κ1) is 29.4. The molecule has 0 radical (unpaired) electrons. The molecule has 248 valence electrons. The van der Waals surface area contributed by atoms with Crippen molar-refractivity contribution in [3.63, 3.8) is 0 Å². The summed E-state index contributed by atoms with van der Waals surface area (Å²) >= 11 is 1.88. The zero-order valence-corrected chi connectivity index (χ0v) is 30.1. The van der Waals surface area contributed by atoms with E-state index in [9.17, 15) is 0 Å². The largest absolute Gasteiger partial charge is 0.456 e. The minimum Gasteiger partial charge on any atom is -0.456 e. The van der Waals surface area contributed by atoms with Crippen LogP contribution in [0.25, 0.3) is 108 Å². The highest BCUT2D eigenvalue weighted by molar-refractivity contribution is 7.25. The molecule has 0 unspecified atom stereocenters. The van der Waals surface area contributed by atoms with Crippen LogP contribution in [0.15, 0.2) is 162 Å². The second-order valence-electron chi connectivity index (χ2n) is 15.2. The Bertz CT molecular complexity index is 3320. The van der Waals surface area contributed by atoms with Crippen molar-refractivity contribution < 1.29 is 4.42 Å². The highest BCUT2D eigenvalue weighted by Crippen LogP contribution is 2.53. The molecule has 0 spiro atoms. The highest BCUT2D eigenvalue weighted by Gasteiger charge is 2.36. The van der Waals surface area contributed by atoms with E-state index in [0.29, 0.717) is 0 Å². The van der Waals surface area contributed by atoms with Gasteiger partial charge in [0.15, 0.2) is 0 Å². The lowest BCUT2D eigenvalue weighted by atomic mass is 9.81. The predicted octanol–water partition coefficient (Wildman–Crippen LogP) is 15.1. The molecule has 11 aromatic rings. The summed E-state index contributed by atoms with van der Waals surface area (Å²) in [7, 11) is 0. The molecule has 2 aromatic heterocycles. The Morgan fingerprint density at radius 1 is 0.396 bits per heavy atom. The molecule has 0 atom stereocenters. The molecule has 0 bridgehead atoms. The van der Waals surface area contributed by atoms with E-state index in [2.05, 4.69) is 166 Å². The van der Waals surface area contributed by atoms with Crippen molar-refractivity contribution in [3.05, 3.63) is 169 Å². The number of thiophene rings is 1. The second kappa shape index (κ2) is 10.4. The summed E-state index contributed by atoms with van der Waals surface area (Å²) in [5.41, 5.74) is 12.3.